The minimum Gasteiger partial charge on any atom is -0.481 e. The molecule has 110 valence electrons. The number of hydrogen-bond donors (Lipinski definition) is 2. The molecule has 2 amide bonds. The summed E-state index contributed by atoms with van der Waals surface area (Å²) in [5.41, 5.74) is 2.52. The fourth-order valence-electron chi connectivity index (χ4n) is 2.41. The summed E-state index contributed by atoms with van der Waals surface area (Å²) in [6.45, 7) is 2.45. The SMILES string of the molecule is CCN(C(=O)C1=NNC(=O)CC1)C1COCC1C(=O)O. The zero-order chi connectivity index (χ0) is 14.7. The van der Waals surface area contributed by atoms with Gasteiger partial charge < -0.3 is 14.7 Å². The fourth-order valence-corrected chi connectivity index (χ4v) is 2.41. The number of carboxylic acid groups (broad SMARTS) is 1. The van der Waals surface area contributed by atoms with Gasteiger partial charge in [0.15, 0.2) is 0 Å². The molecule has 2 unspecified atom stereocenters. The molecule has 1 saturated heterocycles. The first-order chi connectivity index (χ1) is 9.54. The van der Waals surface area contributed by atoms with E-state index in [1.807, 2.05) is 0 Å². The highest BCUT2D eigenvalue weighted by Crippen LogP contribution is 2.21. The largest absolute Gasteiger partial charge is 0.481 e. The first-order valence-electron chi connectivity index (χ1n) is 6.51. The van der Waals surface area contributed by atoms with Gasteiger partial charge in [-0.3, -0.25) is 14.4 Å². The van der Waals surface area contributed by atoms with Crippen LogP contribution < -0.4 is 5.43 Å². The molecule has 0 radical (unpaired) electrons. The Morgan fingerprint density at radius 1 is 1.45 bits per heavy atom. The van der Waals surface area contributed by atoms with Gasteiger partial charge >= 0.3 is 5.97 Å². The predicted octanol–water partition coefficient (Wildman–Crippen LogP) is -0.799. The number of rotatable bonds is 4. The Morgan fingerprint density at radius 3 is 2.75 bits per heavy atom. The second kappa shape index (κ2) is 6.00. The van der Waals surface area contributed by atoms with E-state index in [1.54, 1.807) is 6.92 Å². The molecule has 2 rings (SSSR count). The molecule has 20 heavy (non-hydrogen) atoms. The number of hydrazone groups is 1. The quantitative estimate of drug-likeness (QED) is 0.702. The number of nitrogens with one attached hydrogen (secondary N) is 1. The summed E-state index contributed by atoms with van der Waals surface area (Å²) >= 11 is 0. The van der Waals surface area contributed by atoms with Crippen LogP contribution in [0, 0.1) is 5.92 Å². The number of likely N-dealkylation sites (N-methyl/N-ethyl adjacent to an activating group) is 1. The van der Waals surface area contributed by atoms with Crippen LogP contribution in [0.5, 0.6) is 0 Å². The predicted molar refractivity (Wildman–Crippen MR) is 67.9 cm³/mol. The van der Waals surface area contributed by atoms with Crippen molar-refractivity contribution in [2.75, 3.05) is 19.8 Å². The monoisotopic (exact) mass is 283 g/mol. The van der Waals surface area contributed by atoms with Crippen molar-refractivity contribution in [3.63, 3.8) is 0 Å². The Balaban J connectivity index is 2.13. The van der Waals surface area contributed by atoms with Crippen molar-refractivity contribution in [1.82, 2.24) is 10.3 Å². The molecule has 8 heteroatoms. The highest BCUT2D eigenvalue weighted by atomic mass is 16.5. The van der Waals surface area contributed by atoms with Crippen LogP contribution in [-0.2, 0) is 19.1 Å². The Hall–Kier alpha value is -1.96. The van der Waals surface area contributed by atoms with E-state index in [4.69, 9.17) is 9.84 Å². The third-order valence-electron chi connectivity index (χ3n) is 3.52. The number of carboxylic acids is 1. The Morgan fingerprint density at radius 2 is 2.20 bits per heavy atom. The molecule has 2 aliphatic rings. The molecule has 8 nitrogen and oxygen atoms in total. The minimum absolute atomic E-state index is 0.104. The summed E-state index contributed by atoms with van der Waals surface area (Å²) in [6.07, 6.45) is 0.484. The van der Waals surface area contributed by atoms with E-state index in [1.165, 1.54) is 4.90 Å². The van der Waals surface area contributed by atoms with Gasteiger partial charge in [0.1, 0.15) is 11.6 Å². The average molecular weight is 283 g/mol. The lowest BCUT2D eigenvalue weighted by atomic mass is 10.0. The molecule has 1 fully saturated rings. The molecule has 0 bridgehead atoms. The summed E-state index contributed by atoms with van der Waals surface area (Å²) in [5, 5.41) is 12.9. The van der Waals surface area contributed by atoms with Gasteiger partial charge in [-0.25, -0.2) is 5.43 Å². The number of carbonyl (C=O) groups is 3. The van der Waals surface area contributed by atoms with Crippen molar-refractivity contribution >= 4 is 23.5 Å². The van der Waals surface area contributed by atoms with E-state index >= 15 is 0 Å². The van der Waals surface area contributed by atoms with Crippen LogP contribution in [-0.4, -0.2) is 59.3 Å². The van der Waals surface area contributed by atoms with Crippen molar-refractivity contribution in [2.45, 2.75) is 25.8 Å². The molecular formula is C12H17N3O5. The van der Waals surface area contributed by atoms with Gasteiger partial charge in [-0.05, 0) is 6.92 Å². The topological polar surface area (TPSA) is 108 Å². The molecule has 0 aromatic rings. The zero-order valence-corrected chi connectivity index (χ0v) is 11.2. The Bertz CT molecular complexity index is 462. The Labute approximate surface area is 115 Å². The lowest BCUT2D eigenvalue weighted by molar-refractivity contribution is -0.144. The van der Waals surface area contributed by atoms with E-state index in [2.05, 4.69) is 10.5 Å². The fraction of sp³-hybridized carbons (Fsp3) is 0.667. The molecule has 0 spiro atoms. The molecule has 2 heterocycles. The summed E-state index contributed by atoms with van der Waals surface area (Å²) < 4.78 is 5.18. The van der Waals surface area contributed by atoms with Crippen molar-refractivity contribution in [1.29, 1.82) is 0 Å². The zero-order valence-electron chi connectivity index (χ0n) is 11.2. The van der Waals surface area contributed by atoms with Gasteiger partial charge in [0.2, 0.25) is 5.91 Å². The van der Waals surface area contributed by atoms with Crippen LogP contribution in [0.2, 0.25) is 0 Å². The molecule has 0 aromatic heterocycles. The summed E-state index contributed by atoms with van der Waals surface area (Å²) in [7, 11) is 0. The van der Waals surface area contributed by atoms with Crippen molar-refractivity contribution in [3.05, 3.63) is 0 Å². The van der Waals surface area contributed by atoms with Crippen molar-refractivity contribution < 1.29 is 24.2 Å². The first kappa shape index (κ1) is 14.4. The van der Waals surface area contributed by atoms with Crippen LogP contribution in [0.1, 0.15) is 19.8 Å². The molecule has 2 aliphatic heterocycles. The third kappa shape index (κ3) is 2.79. The van der Waals surface area contributed by atoms with Gasteiger partial charge in [-0.1, -0.05) is 0 Å². The summed E-state index contributed by atoms with van der Waals surface area (Å²) in [4.78, 5) is 36.0. The average Bonchev–Trinajstić information content (AvgIpc) is 2.89. The van der Waals surface area contributed by atoms with E-state index in [0.29, 0.717) is 6.54 Å². The van der Waals surface area contributed by atoms with E-state index < -0.39 is 17.9 Å². The molecule has 0 aromatic carbocycles. The normalized spacial score (nSPS) is 25.9. The molecule has 2 N–H and O–H groups in total. The lowest BCUT2D eigenvalue weighted by Gasteiger charge is -2.30. The van der Waals surface area contributed by atoms with E-state index in [-0.39, 0.29) is 43.6 Å². The van der Waals surface area contributed by atoms with Gasteiger partial charge in [0.05, 0.1) is 19.3 Å². The molecule has 2 atom stereocenters. The number of aliphatic carboxylic acids is 1. The van der Waals surface area contributed by atoms with Crippen LogP contribution in [0.4, 0.5) is 0 Å². The van der Waals surface area contributed by atoms with Crippen LogP contribution >= 0.6 is 0 Å². The summed E-state index contributed by atoms with van der Waals surface area (Å²) in [6, 6.07) is -0.495. The van der Waals surface area contributed by atoms with Gasteiger partial charge in [0, 0.05) is 19.4 Å². The van der Waals surface area contributed by atoms with Gasteiger partial charge in [0.25, 0.3) is 5.91 Å². The highest BCUT2D eigenvalue weighted by Gasteiger charge is 2.40. The smallest absolute Gasteiger partial charge is 0.311 e. The standard InChI is InChI=1S/C12H17N3O5/c1-2-15(9-6-20-5-7(9)12(18)19)11(17)8-3-4-10(16)14-13-8/h7,9H,2-6H2,1H3,(H,14,16)(H,18,19). The van der Waals surface area contributed by atoms with E-state index in [9.17, 15) is 14.4 Å². The van der Waals surface area contributed by atoms with Gasteiger partial charge in [-0.2, -0.15) is 5.10 Å². The first-order valence-corrected chi connectivity index (χ1v) is 6.51. The number of ether oxygens (including phenoxy) is 1. The third-order valence-corrected chi connectivity index (χ3v) is 3.52. The number of carbonyl (C=O) groups excluding carboxylic acids is 2. The van der Waals surface area contributed by atoms with E-state index in [0.717, 1.165) is 0 Å². The second-order valence-corrected chi connectivity index (χ2v) is 4.73. The van der Waals surface area contributed by atoms with Crippen LogP contribution in [0.15, 0.2) is 5.10 Å². The Kier molecular flexibility index (Phi) is 4.33. The molecular weight excluding hydrogens is 266 g/mol. The number of nitrogens with zero attached hydrogens (tertiary/aromatic N) is 2. The highest BCUT2D eigenvalue weighted by molar-refractivity contribution is 6.39. The molecule has 0 aliphatic carbocycles. The maximum absolute atomic E-state index is 12.4. The van der Waals surface area contributed by atoms with Gasteiger partial charge in [-0.15, -0.1) is 0 Å². The lowest BCUT2D eigenvalue weighted by Crippen LogP contribution is -2.50. The number of hydrogen-bond acceptors (Lipinski definition) is 5. The molecule has 0 saturated carbocycles. The van der Waals surface area contributed by atoms with Crippen LogP contribution in [0.3, 0.4) is 0 Å². The van der Waals surface area contributed by atoms with Crippen molar-refractivity contribution in [2.24, 2.45) is 11.0 Å². The summed E-state index contributed by atoms with van der Waals surface area (Å²) in [5.74, 6) is -2.26. The van der Waals surface area contributed by atoms with Crippen molar-refractivity contribution in [3.8, 4) is 0 Å². The minimum atomic E-state index is -0.974. The maximum atomic E-state index is 12.4. The van der Waals surface area contributed by atoms with Crippen LogP contribution in [0.25, 0.3) is 0 Å². The number of amides is 2. The second-order valence-electron chi connectivity index (χ2n) is 4.73. The maximum Gasteiger partial charge on any atom is 0.311 e.